The van der Waals surface area contributed by atoms with Gasteiger partial charge in [-0.05, 0) is 51.3 Å². The maximum absolute atomic E-state index is 13.2. The fourth-order valence-electron chi connectivity index (χ4n) is 4.47. The predicted octanol–water partition coefficient (Wildman–Crippen LogP) is 3.86. The summed E-state index contributed by atoms with van der Waals surface area (Å²) in [6.07, 6.45) is 4.55. The normalized spacial score (nSPS) is 24.4. The second-order valence-electron chi connectivity index (χ2n) is 8.37. The van der Waals surface area contributed by atoms with Crippen LogP contribution >= 0.6 is 0 Å². The number of carbonyl (C=O) groups is 1. The predicted molar refractivity (Wildman–Crippen MR) is 111 cm³/mol. The first-order chi connectivity index (χ1) is 13.6. The molecule has 2 aromatic rings. The lowest BCUT2D eigenvalue weighted by atomic mass is 9.81. The number of para-hydroxylation sites is 1. The van der Waals surface area contributed by atoms with E-state index in [9.17, 15) is 4.79 Å². The van der Waals surface area contributed by atoms with Gasteiger partial charge in [0.25, 0.3) is 0 Å². The Kier molecular flexibility index (Phi) is 5.40. The fourth-order valence-corrected chi connectivity index (χ4v) is 4.47. The van der Waals surface area contributed by atoms with Gasteiger partial charge in [-0.2, -0.15) is 0 Å². The van der Waals surface area contributed by atoms with E-state index >= 15 is 0 Å². The van der Waals surface area contributed by atoms with E-state index in [1.54, 1.807) is 0 Å². The summed E-state index contributed by atoms with van der Waals surface area (Å²) >= 11 is 0. The zero-order valence-electron chi connectivity index (χ0n) is 16.9. The largest absolute Gasteiger partial charge is 0.485 e. The van der Waals surface area contributed by atoms with E-state index in [2.05, 4.69) is 48.6 Å². The number of hydrogen-bond donors (Lipinski definition) is 1. The van der Waals surface area contributed by atoms with Crippen LogP contribution < -0.4 is 10.1 Å². The first-order valence-corrected chi connectivity index (χ1v) is 10.3. The van der Waals surface area contributed by atoms with Gasteiger partial charge in [0.2, 0.25) is 5.91 Å². The Hall–Kier alpha value is -2.33. The third-order valence-corrected chi connectivity index (χ3v) is 6.27. The van der Waals surface area contributed by atoms with Crippen LogP contribution in [-0.4, -0.2) is 36.0 Å². The number of nitrogens with one attached hydrogen (secondary N) is 1. The summed E-state index contributed by atoms with van der Waals surface area (Å²) in [4.78, 5) is 15.2. The monoisotopic (exact) mass is 378 g/mol. The van der Waals surface area contributed by atoms with Crippen LogP contribution in [0.25, 0.3) is 0 Å². The SMILES string of the molecule is CNC1CCC2(CC1)CN(C(=O)Cc1ccc(C)cc1)Cc1ccccc1O2. The number of fused-ring (bicyclic) bond motifs is 1. The van der Waals surface area contributed by atoms with Crippen molar-refractivity contribution in [3.05, 3.63) is 65.2 Å². The quantitative estimate of drug-likeness (QED) is 0.882. The molecule has 28 heavy (non-hydrogen) atoms. The van der Waals surface area contributed by atoms with Gasteiger partial charge in [-0.3, -0.25) is 4.79 Å². The van der Waals surface area contributed by atoms with Crippen LogP contribution in [0.1, 0.15) is 42.4 Å². The lowest BCUT2D eigenvalue weighted by molar-refractivity contribution is -0.134. The number of benzene rings is 2. The molecule has 2 aliphatic rings. The summed E-state index contributed by atoms with van der Waals surface area (Å²) in [7, 11) is 2.03. The summed E-state index contributed by atoms with van der Waals surface area (Å²) in [5.74, 6) is 1.12. The molecule has 0 aromatic heterocycles. The highest BCUT2D eigenvalue weighted by molar-refractivity contribution is 5.79. The van der Waals surface area contributed by atoms with Crippen LogP contribution in [0, 0.1) is 6.92 Å². The number of nitrogens with zero attached hydrogens (tertiary/aromatic N) is 1. The highest BCUT2D eigenvalue weighted by Gasteiger charge is 2.41. The number of carbonyl (C=O) groups excluding carboxylic acids is 1. The number of ether oxygens (including phenoxy) is 1. The Balaban J connectivity index is 1.57. The molecule has 0 unspecified atom stereocenters. The molecule has 2 aromatic carbocycles. The molecular weight excluding hydrogens is 348 g/mol. The Bertz CT molecular complexity index is 823. The molecule has 4 rings (SSSR count). The maximum atomic E-state index is 13.2. The van der Waals surface area contributed by atoms with Gasteiger partial charge < -0.3 is 15.0 Å². The second-order valence-corrected chi connectivity index (χ2v) is 8.37. The topological polar surface area (TPSA) is 41.6 Å². The number of amides is 1. The average Bonchev–Trinajstić information content (AvgIpc) is 2.87. The number of aryl methyl sites for hydroxylation is 1. The van der Waals surface area contributed by atoms with Crippen molar-refractivity contribution in [3.8, 4) is 5.75 Å². The van der Waals surface area contributed by atoms with E-state index in [1.165, 1.54) is 5.56 Å². The van der Waals surface area contributed by atoms with Crippen molar-refractivity contribution < 1.29 is 9.53 Å². The lowest BCUT2D eigenvalue weighted by Crippen LogP contribution is -2.51. The molecule has 1 amide bonds. The van der Waals surface area contributed by atoms with Gasteiger partial charge in [0.05, 0.1) is 13.0 Å². The number of rotatable bonds is 3. The summed E-state index contributed by atoms with van der Waals surface area (Å²) in [5, 5.41) is 3.40. The van der Waals surface area contributed by atoms with E-state index in [-0.39, 0.29) is 11.5 Å². The van der Waals surface area contributed by atoms with Crippen LogP contribution in [0.3, 0.4) is 0 Å². The highest BCUT2D eigenvalue weighted by Crippen LogP contribution is 2.38. The van der Waals surface area contributed by atoms with Crippen molar-refractivity contribution in [2.75, 3.05) is 13.6 Å². The highest BCUT2D eigenvalue weighted by atomic mass is 16.5. The molecule has 0 bridgehead atoms. The molecule has 1 aliphatic heterocycles. The van der Waals surface area contributed by atoms with Gasteiger partial charge in [-0.25, -0.2) is 0 Å². The van der Waals surface area contributed by atoms with Crippen LogP contribution in [0.4, 0.5) is 0 Å². The molecule has 1 heterocycles. The zero-order chi connectivity index (χ0) is 19.6. The summed E-state index contributed by atoms with van der Waals surface area (Å²) < 4.78 is 6.60. The van der Waals surface area contributed by atoms with Gasteiger partial charge >= 0.3 is 0 Å². The zero-order valence-corrected chi connectivity index (χ0v) is 16.9. The maximum Gasteiger partial charge on any atom is 0.227 e. The molecule has 1 saturated carbocycles. The first-order valence-electron chi connectivity index (χ1n) is 10.3. The van der Waals surface area contributed by atoms with Crippen molar-refractivity contribution in [2.45, 2.75) is 57.2 Å². The third-order valence-electron chi connectivity index (χ3n) is 6.27. The Morgan fingerprint density at radius 3 is 2.57 bits per heavy atom. The molecular formula is C24H30N2O2. The minimum absolute atomic E-state index is 0.180. The summed E-state index contributed by atoms with van der Waals surface area (Å²) in [6, 6.07) is 17.0. The van der Waals surface area contributed by atoms with Crippen molar-refractivity contribution in [1.82, 2.24) is 10.2 Å². The average molecular weight is 379 g/mol. The van der Waals surface area contributed by atoms with Crippen LogP contribution in [0.15, 0.2) is 48.5 Å². The molecule has 0 radical (unpaired) electrons. The summed E-state index contributed by atoms with van der Waals surface area (Å²) in [6.45, 7) is 3.36. The molecule has 4 nitrogen and oxygen atoms in total. The van der Waals surface area contributed by atoms with E-state index in [4.69, 9.17) is 4.74 Å². The minimum atomic E-state index is -0.275. The van der Waals surface area contributed by atoms with Crippen molar-refractivity contribution >= 4 is 5.91 Å². The van der Waals surface area contributed by atoms with E-state index in [0.717, 1.165) is 42.6 Å². The number of hydrogen-bond acceptors (Lipinski definition) is 3. The van der Waals surface area contributed by atoms with E-state index in [0.29, 0.717) is 25.6 Å². The Morgan fingerprint density at radius 2 is 1.86 bits per heavy atom. The van der Waals surface area contributed by atoms with Gasteiger partial charge in [0.15, 0.2) is 0 Å². The molecule has 1 spiro atoms. The van der Waals surface area contributed by atoms with Gasteiger partial charge in [-0.15, -0.1) is 0 Å². The Labute approximate surface area is 167 Å². The van der Waals surface area contributed by atoms with Crippen molar-refractivity contribution in [1.29, 1.82) is 0 Å². The van der Waals surface area contributed by atoms with Crippen LogP contribution in [-0.2, 0) is 17.8 Å². The first kappa shape index (κ1) is 19.0. The standard InChI is InChI=1S/C24H30N2O2/c1-18-7-9-19(10-8-18)15-23(27)26-16-20-5-3-4-6-22(20)28-24(17-26)13-11-21(25-2)12-14-24/h3-10,21,25H,11-17H2,1-2H3. The Morgan fingerprint density at radius 1 is 1.14 bits per heavy atom. The van der Waals surface area contributed by atoms with Gasteiger partial charge in [-0.1, -0.05) is 48.0 Å². The van der Waals surface area contributed by atoms with Gasteiger partial charge in [0.1, 0.15) is 11.4 Å². The molecule has 1 N–H and O–H groups in total. The molecule has 1 fully saturated rings. The molecule has 1 aliphatic carbocycles. The lowest BCUT2D eigenvalue weighted by Gasteiger charge is -2.41. The van der Waals surface area contributed by atoms with Crippen molar-refractivity contribution in [2.24, 2.45) is 0 Å². The second kappa shape index (κ2) is 7.96. The molecule has 0 saturated heterocycles. The van der Waals surface area contributed by atoms with E-state index < -0.39 is 0 Å². The minimum Gasteiger partial charge on any atom is -0.485 e. The van der Waals surface area contributed by atoms with E-state index in [1.807, 2.05) is 24.1 Å². The van der Waals surface area contributed by atoms with Crippen molar-refractivity contribution in [3.63, 3.8) is 0 Å². The molecule has 0 atom stereocenters. The molecule has 4 heteroatoms. The fraction of sp³-hybridized carbons (Fsp3) is 0.458. The smallest absolute Gasteiger partial charge is 0.227 e. The molecule has 148 valence electrons. The third kappa shape index (κ3) is 4.07. The summed E-state index contributed by atoms with van der Waals surface area (Å²) in [5.41, 5.74) is 3.12. The van der Waals surface area contributed by atoms with Crippen LogP contribution in [0.2, 0.25) is 0 Å². The van der Waals surface area contributed by atoms with Gasteiger partial charge in [0, 0.05) is 18.2 Å². The van der Waals surface area contributed by atoms with Crippen LogP contribution in [0.5, 0.6) is 5.75 Å².